The molecule has 0 saturated heterocycles. The van der Waals surface area contributed by atoms with E-state index in [-0.39, 0.29) is 5.54 Å². The number of aldehydes is 1. The van der Waals surface area contributed by atoms with Gasteiger partial charge in [-0.2, -0.15) is 10.2 Å². The summed E-state index contributed by atoms with van der Waals surface area (Å²) in [6, 6.07) is 0. The molecular formula is C12H16N4O. The summed E-state index contributed by atoms with van der Waals surface area (Å²) in [4.78, 5) is 11.1. The van der Waals surface area contributed by atoms with Gasteiger partial charge in [0, 0.05) is 25.0 Å². The molecule has 0 aromatic carbocycles. The molecule has 0 saturated carbocycles. The lowest BCUT2D eigenvalue weighted by Gasteiger charge is -2.18. The number of aryl methyl sites for hydroxylation is 1. The van der Waals surface area contributed by atoms with Crippen molar-refractivity contribution in [3.05, 3.63) is 24.2 Å². The first-order chi connectivity index (χ1) is 7.91. The van der Waals surface area contributed by atoms with E-state index < -0.39 is 0 Å². The third kappa shape index (κ3) is 2.13. The second kappa shape index (κ2) is 3.84. The largest absolute Gasteiger partial charge is 0.298 e. The quantitative estimate of drug-likeness (QED) is 0.742. The molecule has 0 aliphatic carbocycles. The summed E-state index contributed by atoms with van der Waals surface area (Å²) in [6.45, 7) is 6.13. The van der Waals surface area contributed by atoms with Crippen LogP contribution >= 0.6 is 0 Å². The number of rotatable bonds is 2. The number of carbonyl (C=O) groups is 1. The lowest BCUT2D eigenvalue weighted by atomic mass is 10.1. The molecule has 0 spiro atoms. The van der Waals surface area contributed by atoms with Gasteiger partial charge in [-0.25, -0.2) is 0 Å². The highest BCUT2D eigenvalue weighted by Crippen LogP contribution is 2.23. The normalized spacial score (nSPS) is 11.8. The van der Waals surface area contributed by atoms with E-state index in [4.69, 9.17) is 0 Å². The van der Waals surface area contributed by atoms with Crippen LogP contribution < -0.4 is 0 Å². The first-order valence-electron chi connectivity index (χ1n) is 5.46. The maximum absolute atomic E-state index is 11.1. The van der Waals surface area contributed by atoms with Crippen molar-refractivity contribution in [1.29, 1.82) is 0 Å². The van der Waals surface area contributed by atoms with Crippen molar-refractivity contribution in [2.75, 3.05) is 0 Å². The molecule has 0 aliphatic heterocycles. The molecule has 0 amide bonds. The van der Waals surface area contributed by atoms with Crippen LogP contribution in [0.15, 0.2) is 18.6 Å². The third-order valence-electron chi connectivity index (χ3n) is 2.54. The number of nitrogens with zero attached hydrogens (tertiary/aromatic N) is 4. The fourth-order valence-corrected chi connectivity index (χ4v) is 1.59. The van der Waals surface area contributed by atoms with E-state index in [0.29, 0.717) is 11.3 Å². The molecule has 0 atom stereocenters. The average Bonchev–Trinajstić information content (AvgIpc) is 2.81. The van der Waals surface area contributed by atoms with Gasteiger partial charge < -0.3 is 0 Å². The van der Waals surface area contributed by atoms with Crippen molar-refractivity contribution >= 4 is 6.29 Å². The highest BCUT2D eigenvalue weighted by molar-refractivity contribution is 5.85. The molecule has 2 heterocycles. The van der Waals surface area contributed by atoms with E-state index in [1.54, 1.807) is 21.8 Å². The summed E-state index contributed by atoms with van der Waals surface area (Å²) < 4.78 is 3.50. The van der Waals surface area contributed by atoms with Crippen LogP contribution in [0.5, 0.6) is 0 Å². The van der Waals surface area contributed by atoms with Crippen molar-refractivity contribution in [3.63, 3.8) is 0 Å². The van der Waals surface area contributed by atoms with E-state index >= 15 is 0 Å². The molecule has 90 valence electrons. The van der Waals surface area contributed by atoms with Crippen molar-refractivity contribution in [2.24, 2.45) is 7.05 Å². The van der Waals surface area contributed by atoms with Crippen LogP contribution in [0.3, 0.4) is 0 Å². The molecule has 0 unspecified atom stereocenters. The lowest BCUT2D eigenvalue weighted by Crippen LogP contribution is -2.22. The first-order valence-corrected chi connectivity index (χ1v) is 5.46. The minimum atomic E-state index is -0.141. The van der Waals surface area contributed by atoms with Gasteiger partial charge in [-0.05, 0) is 20.8 Å². The number of hydrogen-bond acceptors (Lipinski definition) is 3. The Morgan fingerprint density at radius 3 is 2.47 bits per heavy atom. The predicted molar refractivity (Wildman–Crippen MR) is 64.8 cm³/mol. The number of hydrogen-bond donors (Lipinski definition) is 0. The highest BCUT2D eigenvalue weighted by atomic mass is 16.1. The van der Waals surface area contributed by atoms with Crippen LogP contribution in [0.25, 0.3) is 11.3 Å². The standard InChI is InChI=1S/C12H16N4O/c1-12(2,3)16-7-10(8-17)11(14-16)9-5-13-15(4)6-9/h5-8H,1-4H3. The molecule has 2 aromatic heterocycles. The van der Waals surface area contributed by atoms with Crippen molar-refractivity contribution in [2.45, 2.75) is 26.3 Å². The molecule has 17 heavy (non-hydrogen) atoms. The number of aromatic nitrogens is 4. The Hall–Kier alpha value is -1.91. The Kier molecular flexibility index (Phi) is 2.61. The fourth-order valence-electron chi connectivity index (χ4n) is 1.59. The summed E-state index contributed by atoms with van der Waals surface area (Å²) in [5, 5.41) is 8.56. The van der Waals surface area contributed by atoms with Crippen molar-refractivity contribution in [3.8, 4) is 11.3 Å². The minimum Gasteiger partial charge on any atom is -0.298 e. The van der Waals surface area contributed by atoms with Crippen LogP contribution in [-0.2, 0) is 12.6 Å². The maximum atomic E-state index is 11.1. The summed E-state index contributed by atoms with van der Waals surface area (Å²) in [5.41, 5.74) is 1.99. The zero-order valence-corrected chi connectivity index (χ0v) is 10.5. The van der Waals surface area contributed by atoms with Gasteiger partial charge in [-0.3, -0.25) is 14.2 Å². The summed E-state index contributed by atoms with van der Waals surface area (Å²) in [6.07, 6.45) is 6.16. The molecule has 0 N–H and O–H groups in total. The zero-order chi connectivity index (χ0) is 12.6. The predicted octanol–water partition coefficient (Wildman–Crippen LogP) is 1.85. The van der Waals surface area contributed by atoms with E-state index in [9.17, 15) is 4.79 Å². The van der Waals surface area contributed by atoms with E-state index in [2.05, 4.69) is 10.2 Å². The molecule has 0 radical (unpaired) electrons. The van der Waals surface area contributed by atoms with Crippen molar-refractivity contribution < 1.29 is 4.79 Å². The van der Waals surface area contributed by atoms with Gasteiger partial charge in [-0.1, -0.05) is 0 Å². The average molecular weight is 232 g/mol. The van der Waals surface area contributed by atoms with Gasteiger partial charge in [0.05, 0.1) is 17.3 Å². The lowest BCUT2D eigenvalue weighted by molar-refractivity contribution is 0.112. The van der Waals surface area contributed by atoms with Crippen LogP contribution in [0.4, 0.5) is 0 Å². The van der Waals surface area contributed by atoms with Gasteiger partial charge in [0.1, 0.15) is 5.69 Å². The Morgan fingerprint density at radius 2 is 2.00 bits per heavy atom. The Morgan fingerprint density at radius 1 is 1.29 bits per heavy atom. The SMILES string of the molecule is Cn1cc(-c2nn(C(C)(C)C)cc2C=O)cn1. The monoisotopic (exact) mass is 232 g/mol. The Bertz CT molecular complexity index is 545. The van der Waals surface area contributed by atoms with Gasteiger partial charge in [0.25, 0.3) is 0 Å². The van der Waals surface area contributed by atoms with E-state index in [0.717, 1.165) is 11.8 Å². The molecule has 5 nitrogen and oxygen atoms in total. The van der Waals surface area contributed by atoms with Crippen molar-refractivity contribution in [1.82, 2.24) is 19.6 Å². The van der Waals surface area contributed by atoms with Gasteiger partial charge in [-0.15, -0.1) is 0 Å². The summed E-state index contributed by atoms with van der Waals surface area (Å²) >= 11 is 0. The van der Waals surface area contributed by atoms with Gasteiger partial charge in [0.2, 0.25) is 0 Å². The minimum absolute atomic E-state index is 0.141. The zero-order valence-electron chi connectivity index (χ0n) is 10.5. The Labute approximate surface area is 100 Å². The molecule has 0 aliphatic rings. The third-order valence-corrected chi connectivity index (χ3v) is 2.54. The van der Waals surface area contributed by atoms with E-state index in [1.165, 1.54) is 0 Å². The molecule has 2 rings (SSSR count). The van der Waals surface area contributed by atoms with Crippen LogP contribution in [0.2, 0.25) is 0 Å². The maximum Gasteiger partial charge on any atom is 0.153 e. The van der Waals surface area contributed by atoms with E-state index in [1.807, 2.05) is 34.0 Å². The molecular weight excluding hydrogens is 216 g/mol. The van der Waals surface area contributed by atoms with Crippen LogP contribution in [0, 0.1) is 0 Å². The fraction of sp³-hybridized carbons (Fsp3) is 0.417. The first kappa shape index (κ1) is 11.6. The molecule has 0 bridgehead atoms. The smallest absolute Gasteiger partial charge is 0.153 e. The number of carbonyl (C=O) groups excluding carboxylic acids is 1. The summed E-state index contributed by atoms with van der Waals surface area (Å²) in [7, 11) is 1.84. The summed E-state index contributed by atoms with van der Waals surface area (Å²) in [5.74, 6) is 0. The molecule has 2 aromatic rings. The second-order valence-corrected chi connectivity index (χ2v) is 5.07. The second-order valence-electron chi connectivity index (χ2n) is 5.07. The van der Waals surface area contributed by atoms with Gasteiger partial charge >= 0.3 is 0 Å². The van der Waals surface area contributed by atoms with Crippen LogP contribution in [0.1, 0.15) is 31.1 Å². The topological polar surface area (TPSA) is 52.7 Å². The van der Waals surface area contributed by atoms with Gasteiger partial charge in [0.15, 0.2) is 6.29 Å². The Balaban J connectivity index is 2.54. The molecule has 5 heteroatoms. The highest BCUT2D eigenvalue weighted by Gasteiger charge is 2.19. The van der Waals surface area contributed by atoms with Crippen LogP contribution in [-0.4, -0.2) is 25.8 Å². The molecule has 0 fully saturated rings.